The maximum atomic E-state index is 13.3. The summed E-state index contributed by atoms with van der Waals surface area (Å²) >= 11 is 6.01. The van der Waals surface area contributed by atoms with Gasteiger partial charge in [-0.15, -0.1) is 0 Å². The molecule has 1 heterocycles. The van der Waals surface area contributed by atoms with Gasteiger partial charge in [0.05, 0.1) is 5.54 Å². The number of rotatable bonds is 16. The number of amides is 3. The van der Waals surface area contributed by atoms with Gasteiger partial charge in [-0.1, -0.05) is 35.9 Å². The maximum Gasteiger partial charge on any atom is 0.422 e. The van der Waals surface area contributed by atoms with Crippen LogP contribution in [0.2, 0.25) is 5.02 Å². The van der Waals surface area contributed by atoms with E-state index in [1.165, 1.54) is 42.5 Å². The number of carboxylic acids is 1. The number of ether oxygens (including phenoxy) is 1. The molecule has 6 N–H and O–H groups in total. The van der Waals surface area contributed by atoms with E-state index in [4.69, 9.17) is 16.3 Å². The Balaban J connectivity index is 1.15. The first-order chi connectivity index (χ1) is 25.7. The molecule has 3 amide bonds. The lowest BCUT2D eigenvalue weighted by molar-refractivity contribution is -0.154. The molecule has 0 aliphatic heterocycles. The van der Waals surface area contributed by atoms with Gasteiger partial charge in [0, 0.05) is 29.4 Å². The Morgan fingerprint density at radius 3 is 2.19 bits per heavy atom. The van der Waals surface area contributed by atoms with Crippen LogP contribution in [0.1, 0.15) is 40.7 Å². The standard InChI is InChI=1S/C35H33ClF4N8O6/c36-23-8-6-22(7-9-23)34(14-15-34)48-32-45-31(46-33(47-32)54-19-35(38,39)40)43-25-10-4-21(5-11-25)27(49)44-26(30(52)53)13-17-42-29(51)28(50)41-16-12-20-2-1-3-24(37)18-20/h1-11,18,26H,12-17,19H2,(H,41,50)(H,42,51)(H,44,49)(H,52,53)(H2,43,45,46,47,48)/t26-/m0/s1. The number of nitrogens with zero attached hydrogens (tertiary/aromatic N) is 3. The van der Waals surface area contributed by atoms with Crippen LogP contribution >= 0.6 is 11.6 Å². The topological polar surface area (TPSA) is 197 Å². The van der Waals surface area contributed by atoms with Crippen molar-refractivity contribution in [2.75, 3.05) is 30.3 Å². The van der Waals surface area contributed by atoms with E-state index in [0.29, 0.717) is 29.1 Å². The van der Waals surface area contributed by atoms with Crippen LogP contribution in [0, 0.1) is 5.82 Å². The third kappa shape index (κ3) is 11.5. The zero-order valence-corrected chi connectivity index (χ0v) is 28.9. The van der Waals surface area contributed by atoms with Crippen LogP contribution in [-0.2, 0) is 26.3 Å². The van der Waals surface area contributed by atoms with Gasteiger partial charge in [0.25, 0.3) is 5.91 Å². The summed E-state index contributed by atoms with van der Waals surface area (Å²) in [7, 11) is 0. The number of halogens is 5. The minimum absolute atomic E-state index is 0.0504. The molecule has 0 spiro atoms. The van der Waals surface area contributed by atoms with E-state index in [1.807, 2.05) is 12.1 Å². The molecular formula is C35H33ClF4N8O6. The zero-order chi connectivity index (χ0) is 38.9. The van der Waals surface area contributed by atoms with Gasteiger partial charge in [0.1, 0.15) is 11.9 Å². The number of anilines is 3. The van der Waals surface area contributed by atoms with E-state index in [9.17, 15) is 41.8 Å². The number of benzene rings is 3. The van der Waals surface area contributed by atoms with E-state index >= 15 is 0 Å². The molecule has 0 bridgehead atoms. The van der Waals surface area contributed by atoms with Crippen molar-refractivity contribution in [3.05, 3.63) is 100 Å². The Hall–Kier alpha value is -6.04. The predicted molar refractivity (Wildman–Crippen MR) is 187 cm³/mol. The predicted octanol–water partition coefficient (Wildman–Crippen LogP) is 4.50. The van der Waals surface area contributed by atoms with E-state index < -0.39 is 59.9 Å². The van der Waals surface area contributed by atoms with E-state index in [1.54, 1.807) is 18.2 Å². The fraction of sp³-hybridized carbons (Fsp3) is 0.286. The molecule has 1 saturated carbocycles. The molecule has 14 nitrogen and oxygen atoms in total. The van der Waals surface area contributed by atoms with Gasteiger partial charge in [-0.05, 0) is 85.3 Å². The molecule has 3 aromatic carbocycles. The van der Waals surface area contributed by atoms with Crippen molar-refractivity contribution >= 4 is 52.9 Å². The summed E-state index contributed by atoms with van der Waals surface area (Å²) < 4.78 is 56.9. The molecule has 4 aromatic rings. The van der Waals surface area contributed by atoms with Crippen LogP contribution in [-0.4, -0.2) is 75.7 Å². The van der Waals surface area contributed by atoms with Gasteiger partial charge >= 0.3 is 30.0 Å². The summed E-state index contributed by atoms with van der Waals surface area (Å²) in [5.41, 5.74) is 1.30. The third-order valence-corrected chi connectivity index (χ3v) is 8.25. The molecule has 284 valence electrons. The molecule has 54 heavy (non-hydrogen) atoms. The average molecular weight is 773 g/mol. The van der Waals surface area contributed by atoms with Gasteiger partial charge in [0.2, 0.25) is 11.9 Å². The highest BCUT2D eigenvalue weighted by atomic mass is 35.5. The van der Waals surface area contributed by atoms with Crippen LogP contribution in [0.15, 0.2) is 72.8 Å². The maximum absolute atomic E-state index is 13.3. The quantitative estimate of drug-likeness (QED) is 0.0693. The van der Waals surface area contributed by atoms with Gasteiger partial charge < -0.3 is 36.4 Å². The number of alkyl halides is 3. The van der Waals surface area contributed by atoms with Gasteiger partial charge in [-0.3, -0.25) is 14.4 Å². The lowest BCUT2D eigenvalue weighted by Crippen LogP contribution is -2.45. The summed E-state index contributed by atoms with van der Waals surface area (Å²) in [4.78, 5) is 61.2. The van der Waals surface area contributed by atoms with Crippen LogP contribution in [0.4, 0.5) is 35.1 Å². The molecule has 5 rings (SSSR count). The van der Waals surface area contributed by atoms with Gasteiger partial charge in [-0.25, -0.2) is 9.18 Å². The zero-order valence-electron chi connectivity index (χ0n) is 28.2. The van der Waals surface area contributed by atoms with Crippen LogP contribution in [0.25, 0.3) is 0 Å². The highest BCUT2D eigenvalue weighted by Crippen LogP contribution is 2.48. The first kappa shape index (κ1) is 39.2. The lowest BCUT2D eigenvalue weighted by atomic mass is 10.1. The third-order valence-electron chi connectivity index (χ3n) is 8.00. The molecule has 1 aliphatic carbocycles. The largest absolute Gasteiger partial charge is 0.480 e. The molecule has 1 aliphatic rings. The first-order valence-corrected chi connectivity index (χ1v) is 16.8. The van der Waals surface area contributed by atoms with Gasteiger partial charge in [0.15, 0.2) is 6.61 Å². The fourth-order valence-electron chi connectivity index (χ4n) is 5.11. The smallest absolute Gasteiger partial charge is 0.422 e. The number of nitrogens with one attached hydrogen (secondary N) is 5. The van der Waals surface area contributed by atoms with Gasteiger partial charge in [-0.2, -0.15) is 28.1 Å². The minimum Gasteiger partial charge on any atom is -0.480 e. The normalized spacial score (nSPS) is 13.6. The highest BCUT2D eigenvalue weighted by molar-refractivity contribution is 6.35. The second-order valence-electron chi connectivity index (χ2n) is 12.1. The summed E-state index contributed by atoms with van der Waals surface area (Å²) in [6.07, 6.45) is -3.23. The van der Waals surface area contributed by atoms with E-state index in [-0.39, 0.29) is 43.4 Å². The Bertz CT molecular complexity index is 1980. The number of hydrogen-bond acceptors (Lipinski definition) is 10. The van der Waals surface area contributed by atoms with Crippen molar-refractivity contribution in [2.24, 2.45) is 0 Å². The minimum atomic E-state index is -4.65. The summed E-state index contributed by atoms with van der Waals surface area (Å²) in [5.74, 6) is -4.77. The van der Waals surface area contributed by atoms with Crippen molar-refractivity contribution < 1.29 is 46.6 Å². The summed E-state index contributed by atoms with van der Waals surface area (Å²) in [6, 6.07) is 16.4. The van der Waals surface area contributed by atoms with Crippen molar-refractivity contribution in [1.82, 2.24) is 30.9 Å². The monoisotopic (exact) mass is 772 g/mol. The Morgan fingerprint density at radius 2 is 1.56 bits per heavy atom. The SMILES string of the molecule is O=C(NCCc1cccc(F)c1)C(=O)NCC[C@H](NC(=O)c1ccc(Nc2nc(NC3(c4ccc(Cl)cc4)CC3)nc(OCC(F)(F)F)n2)cc1)C(=O)O. The van der Waals surface area contributed by atoms with Crippen LogP contribution in [0.5, 0.6) is 6.01 Å². The molecule has 1 fully saturated rings. The fourth-order valence-corrected chi connectivity index (χ4v) is 5.24. The number of carbonyl (C=O) groups excluding carboxylic acids is 3. The van der Waals surface area contributed by atoms with Crippen molar-refractivity contribution in [1.29, 1.82) is 0 Å². The average Bonchev–Trinajstić information content (AvgIpc) is 3.90. The highest BCUT2D eigenvalue weighted by Gasteiger charge is 2.45. The van der Waals surface area contributed by atoms with E-state index in [0.717, 1.165) is 5.56 Å². The number of aromatic nitrogens is 3. The first-order valence-electron chi connectivity index (χ1n) is 16.4. The summed E-state index contributed by atoms with van der Waals surface area (Å²) in [6.45, 7) is -1.83. The number of carbonyl (C=O) groups is 4. The van der Waals surface area contributed by atoms with E-state index in [2.05, 4.69) is 41.5 Å². The molecule has 0 unspecified atom stereocenters. The summed E-state index contributed by atoms with van der Waals surface area (Å²) in [5, 5.41) is 23.2. The van der Waals surface area contributed by atoms with Crippen molar-refractivity contribution in [3.63, 3.8) is 0 Å². The van der Waals surface area contributed by atoms with Crippen LogP contribution < -0.4 is 31.3 Å². The Kier molecular flexibility index (Phi) is 12.5. The second kappa shape index (κ2) is 17.2. The molecule has 1 aromatic heterocycles. The van der Waals surface area contributed by atoms with Crippen molar-refractivity contribution in [3.8, 4) is 6.01 Å². The Morgan fingerprint density at radius 1 is 0.889 bits per heavy atom. The molecule has 1 atom stereocenters. The molecule has 19 heteroatoms. The number of carboxylic acid groups (broad SMARTS) is 1. The van der Waals surface area contributed by atoms with Crippen LogP contribution in [0.3, 0.4) is 0 Å². The second-order valence-corrected chi connectivity index (χ2v) is 12.6. The molecule has 0 radical (unpaired) electrons. The molecule has 0 saturated heterocycles. The van der Waals surface area contributed by atoms with Crippen molar-refractivity contribution in [2.45, 2.75) is 43.4 Å². The lowest BCUT2D eigenvalue weighted by Gasteiger charge is -2.19. The Labute approximate surface area is 310 Å². The number of aliphatic carboxylic acids is 1. The number of hydrogen-bond donors (Lipinski definition) is 6. The molecular weight excluding hydrogens is 740 g/mol.